The maximum atomic E-state index is 12.1. The molecule has 1 aliphatic rings. The third kappa shape index (κ3) is 4.94. The van der Waals surface area contributed by atoms with Gasteiger partial charge in [0, 0.05) is 56.1 Å². The molecule has 0 aliphatic carbocycles. The summed E-state index contributed by atoms with van der Waals surface area (Å²) in [6.07, 6.45) is 2.30. The molecule has 0 bridgehead atoms. The largest absolute Gasteiger partial charge is 0.354 e. The fourth-order valence-corrected chi connectivity index (χ4v) is 3.08. The van der Waals surface area contributed by atoms with Gasteiger partial charge in [0.2, 0.25) is 5.91 Å². The molecule has 3 rings (SSSR count). The average molecular weight is 359 g/mol. The van der Waals surface area contributed by atoms with E-state index in [1.54, 1.807) is 6.07 Å². The van der Waals surface area contributed by atoms with E-state index in [1.807, 2.05) is 43.5 Å². The number of pyridine rings is 1. The van der Waals surface area contributed by atoms with Gasteiger partial charge >= 0.3 is 0 Å². The van der Waals surface area contributed by atoms with Crippen LogP contribution in [0.2, 0.25) is 5.02 Å². The van der Waals surface area contributed by atoms with Gasteiger partial charge in [-0.15, -0.1) is 0 Å². The third-order valence-corrected chi connectivity index (χ3v) is 4.86. The minimum atomic E-state index is 0.0204. The van der Waals surface area contributed by atoms with Crippen molar-refractivity contribution in [3.63, 3.8) is 0 Å². The zero-order valence-corrected chi connectivity index (χ0v) is 15.2. The van der Waals surface area contributed by atoms with Crippen LogP contribution >= 0.6 is 11.6 Å². The van der Waals surface area contributed by atoms with Crippen LogP contribution in [0.25, 0.3) is 0 Å². The molecule has 1 aromatic carbocycles. The second-order valence-corrected chi connectivity index (χ2v) is 6.69. The number of aromatic nitrogens is 1. The molecule has 1 N–H and O–H groups in total. The van der Waals surface area contributed by atoms with Crippen molar-refractivity contribution in [1.82, 2.24) is 9.88 Å². The fraction of sp³-hybridized carbons (Fsp3) is 0.368. The molecule has 0 spiro atoms. The minimum absolute atomic E-state index is 0.0204. The summed E-state index contributed by atoms with van der Waals surface area (Å²) in [4.78, 5) is 21.1. The van der Waals surface area contributed by atoms with Crippen LogP contribution in [0, 0.1) is 6.92 Å². The van der Waals surface area contributed by atoms with Gasteiger partial charge in [0.25, 0.3) is 0 Å². The van der Waals surface area contributed by atoms with E-state index < -0.39 is 0 Å². The summed E-state index contributed by atoms with van der Waals surface area (Å²) in [5.74, 6) is 1.04. The first-order valence-electron chi connectivity index (χ1n) is 8.56. The lowest BCUT2D eigenvalue weighted by atomic mass is 10.2. The number of carbonyl (C=O) groups is 1. The van der Waals surface area contributed by atoms with Gasteiger partial charge in [0.05, 0.1) is 0 Å². The maximum Gasteiger partial charge on any atom is 0.225 e. The Morgan fingerprint density at radius 3 is 2.68 bits per heavy atom. The zero-order chi connectivity index (χ0) is 17.6. The lowest BCUT2D eigenvalue weighted by Crippen LogP contribution is -2.47. The van der Waals surface area contributed by atoms with Gasteiger partial charge < -0.3 is 10.2 Å². The molecule has 1 fully saturated rings. The quantitative estimate of drug-likeness (QED) is 0.891. The molecule has 0 atom stereocenters. The first-order valence-corrected chi connectivity index (χ1v) is 8.94. The number of nitrogens with one attached hydrogen (secondary N) is 1. The molecule has 2 aromatic rings. The van der Waals surface area contributed by atoms with Crippen molar-refractivity contribution in [2.45, 2.75) is 13.3 Å². The van der Waals surface area contributed by atoms with Crippen LogP contribution in [0.3, 0.4) is 0 Å². The molecule has 5 nitrogen and oxygen atoms in total. The van der Waals surface area contributed by atoms with E-state index in [1.165, 1.54) is 0 Å². The van der Waals surface area contributed by atoms with Gasteiger partial charge in [0.15, 0.2) is 0 Å². The highest BCUT2D eigenvalue weighted by molar-refractivity contribution is 6.31. The Morgan fingerprint density at radius 1 is 1.20 bits per heavy atom. The lowest BCUT2D eigenvalue weighted by Gasteiger charge is -2.35. The Morgan fingerprint density at radius 2 is 2.00 bits per heavy atom. The number of halogens is 1. The number of nitrogens with zero attached hydrogens (tertiary/aromatic N) is 3. The molecule has 25 heavy (non-hydrogen) atoms. The molecular weight excluding hydrogens is 336 g/mol. The molecule has 0 radical (unpaired) electrons. The van der Waals surface area contributed by atoms with Crippen molar-refractivity contribution in [3.8, 4) is 0 Å². The molecule has 6 heteroatoms. The predicted octanol–water partition coefficient (Wildman–Crippen LogP) is 3.19. The van der Waals surface area contributed by atoms with Crippen molar-refractivity contribution >= 4 is 29.0 Å². The van der Waals surface area contributed by atoms with Crippen LogP contribution in [0.15, 0.2) is 42.6 Å². The summed E-state index contributed by atoms with van der Waals surface area (Å²) < 4.78 is 0. The Kier molecular flexibility index (Phi) is 5.89. The van der Waals surface area contributed by atoms with E-state index in [9.17, 15) is 4.79 Å². The van der Waals surface area contributed by atoms with E-state index in [0.29, 0.717) is 11.4 Å². The van der Waals surface area contributed by atoms with Crippen LogP contribution in [-0.2, 0) is 4.79 Å². The van der Waals surface area contributed by atoms with Gasteiger partial charge in [-0.2, -0.15) is 0 Å². The molecule has 0 unspecified atom stereocenters. The number of aryl methyl sites for hydroxylation is 1. The molecule has 2 heterocycles. The molecule has 1 amide bonds. The van der Waals surface area contributed by atoms with Crippen molar-refractivity contribution in [2.75, 3.05) is 42.9 Å². The predicted molar refractivity (Wildman–Crippen MR) is 102 cm³/mol. The van der Waals surface area contributed by atoms with E-state index in [-0.39, 0.29) is 5.91 Å². The molecule has 132 valence electrons. The zero-order valence-electron chi connectivity index (χ0n) is 14.4. The van der Waals surface area contributed by atoms with Crippen LogP contribution in [-0.4, -0.2) is 48.5 Å². The third-order valence-electron chi connectivity index (χ3n) is 4.46. The summed E-state index contributed by atoms with van der Waals surface area (Å²) in [5.41, 5.74) is 1.76. The summed E-state index contributed by atoms with van der Waals surface area (Å²) in [6.45, 7) is 6.47. The van der Waals surface area contributed by atoms with Crippen molar-refractivity contribution in [3.05, 3.63) is 53.2 Å². The number of hydrogen-bond acceptors (Lipinski definition) is 4. The Labute approximate surface area is 153 Å². The Bertz CT molecular complexity index is 715. The molecular formula is C19H23ClN4O. The SMILES string of the molecule is Cc1ccc(NC(=O)CCN2CCN(c3ccccn3)CC2)cc1Cl. The number of carbonyl (C=O) groups excluding carboxylic acids is 1. The van der Waals surface area contributed by atoms with Crippen LogP contribution in [0.1, 0.15) is 12.0 Å². The highest BCUT2D eigenvalue weighted by Crippen LogP contribution is 2.20. The molecule has 0 saturated carbocycles. The number of benzene rings is 1. The van der Waals surface area contributed by atoms with E-state index in [2.05, 4.69) is 20.1 Å². The van der Waals surface area contributed by atoms with Gasteiger partial charge in [0.1, 0.15) is 5.82 Å². The van der Waals surface area contributed by atoms with Gasteiger partial charge in [-0.05, 0) is 36.8 Å². The highest BCUT2D eigenvalue weighted by Gasteiger charge is 2.18. The molecule has 1 aliphatic heterocycles. The average Bonchev–Trinajstić information content (AvgIpc) is 2.64. The minimum Gasteiger partial charge on any atom is -0.354 e. The normalized spacial score (nSPS) is 15.2. The van der Waals surface area contributed by atoms with Crippen LogP contribution < -0.4 is 10.2 Å². The molecule has 1 saturated heterocycles. The Hall–Kier alpha value is -2.11. The number of piperazine rings is 1. The maximum absolute atomic E-state index is 12.1. The number of hydrogen-bond donors (Lipinski definition) is 1. The summed E-state index contributed by atoms with van der Waals surface area (Å²) in [6, 6.07) is 11.6. The van der Waals surface area contributed by atoms with Gasteiger partial charge in [-0.3, -0.25) is 9.69 Å². The van der Waals surface area contributed by atoms with Crippen molar-refractivity contribution < 1.29 is 4.79 Å². The first kappa shape index (κ1) is 17.7. The number of anilines is 2. The Balaban J connectivity index is 1.42. The number of amides is 1. The topological polar surface area (TPSA) is 48.5 Å². The lowest BCUT2D eigenvalue weighted by molar-refractivity contribution is -0.116. The van der Waals surface area contributed by atoms with Gasteiger partial charge in [-0.25, -0.2) is 4.98 Å². The number of rotatable bonds is 5. The van der Waals surface area contributed by atoms with Crippen LogP contribution in [0.5, 0.6) is 0 Å². The summed E-state index contributed by atoms with van der Waals surface area (Å²) in [5, 5.41) is 3.58. The van der Waals surface area contributed by atoms with E-state index in [4.69, 9.17) is 11.6 Å². The van der Waals surface area contributed by atoms with Crippen LogP contribution in [0.4, 0.5) is 11.5 Å². The van der Waals surface area contributed by atoms with E-state index >= 15 is 0 Å². The highest BCUT2D eigenvalue weighted by atomic mass is 35.5. The molecule has 1 aromatic heterocycles. The second-order valence-electron chi connectivity index (χ2n) is 6.28. The van der Waals surface area contributed by atoms with Gasteiger partial charge in [-0.1, -0.05) is 23.7 Å². The second kappa shape index (κ2) is 8.32. The summed E-state index contributed by atoms with van der Waals surface area (Å²) >= 11 is 6.09. The van der Waals surface area contributed by atoms with E-state index in [0.717, 1.165) is 49.8 Å². The smallest absolute Gasteiger partial charge is 0.225 e. The first-order chi connectivity index (χ1) is 12.1. The van der Waals surface area contributed by atoms with Crippen molar-refractivity contribution in [2.24, 2.45) is 0 Å². The summed E-state index contributed by atoms with van der Waals surface area (Å²) in [7, 11) is 0. The monoisotopic (exact) mass is 358 g/mol. The standard InChI is InChI=1S/C19H23ClN4O/c1-15-5-6-16(14-17(15)20)22-19(25)7-9-23-10-12-24(13-11-23)18-4-2-3-8-21-18/h2-6,8,14H,7,9-13H2,1H3,(H,22,25). The fourth-order valence-electron chi connectivity index (χ4n) is 2.90. The van der Waals surface area contributed by atoms with Crippen molar-refractivity contribution in [1.29, 1.82) is 0 Å².